The lowest BCUT2D eigenvalue weighted by molar-refractivity contribution is 0.553. The van der Waals surface area contributed by atoms with E-state index in [-0.39, 0.29) is 6.04 Å². The number of hydrogen-bond donors (Lipinski definition) is 1. The fourth-order valence-electron chi connectivity index (χ4n) is 2.22. The Balaban J connectivity index is 1.95. The highest BCUT2D eigenvalue weighted by molar-refractivity contribution is 5.29. The molecule has 3 rings (SSSR count). The highest BCUT2D eigenvalue weighted by Gasteiger charge is 2.20. The van der Waals surface area contributed by atoms with Crippen LogP contribution in [0.1, 0.15) is 24.4 Å². The summed E-state index contributed by atoms with van der Waals surface area (Å²) in [6, 6.07) is 9.76. The largest absolute Gasteiger partial charge is 0.304 e. The highest BCUT2D eigenvalue weighted by atomic mass is 15.5. The van der Waals surface area contributed by atoms with Crippen molar-refractivity contribution in [3.05, 3.63) is 54.1 Å². The summed E-state index contributed by atoms with van der Waals surface area (Å²) in [7, 11) is 1.87. The van der Waals surface area contributed by atoms with E-state index < -0.39 is 0 Å². The van der Waals surface area contributed by atoms with Gasteiger partial charge in [-0.1, -0.05) is 30.3 Å². The third kappa shape index (κ3) is 2.68. The summed E-state index contributed by atoms with van der Waals surface area (Å²) in [5.74, 6) is 0. The quantitative estimate of drug-likeness (QED) is 0.759. The second-order valence-electron chi connectivity index (χ2n) is 4.67. The molecule has 7 nitrogen and oxygen atoms in total. The lowest BCUT2D eigenvalue weighted by Crippen LogP contribution is -2.24. The lowest BCUT2D eigenvalue weighted by Gasteiger charge is -2.14. The van der Waals surface area contributed by atoms with Crippen LogP contribution in [0.4, 0.5) is 0 Å². The van der Waals surface area contributed by atoms with Crippen molar-refractivity contribution in [2.24, 2.45) is 7.05 Å². The highest BCUT2D eigenvalue weighted by Crippen LogP contribution is 2.18. The van der Waals surface area contributed by atoms with Crippen molar-refractivity contribution < 1.29 is 0 Å². The maximum atomic E-state index is 4.57. The van der Waals surface area contributed by atoms with Gasteiger partial charge in [-0.05, 0) is 18.7 Å². The zero-order chi connectivity index (χ0) is 14.7. The third-order valence-corrected chi connectivity index (χ3v) is 3.25. The SMILES string of the molecule is CCNC(c1cnn(-c2ccccc2)n1)c1cnnn1C. The molecule has 0 aliphatic rings. The third-order valence-electron chi connectivity index (χ3n) is 3.25. The summed E-state index contributed by atoms with van der Waals surface area (Å²) >= 11 is 0. The number of benzene rings is 1. The van der Waals surface area contributed by atoms with E-state index in [4.69, 9.17) is 0 Å². The molecule has 0 amide bonds. The van der Waals surface area contributed by atoms with Crippen LogP contribution in [-0.4, -0.2) is 36.5 Å². The minimum Gasteiger partial charge on any atom is -0.304 e. The van der Waals surface area contributed by atoms with Gasteiger partial charge < -0.3 is 5.32 Å². The molecule has 1 aromatic carbocycles. The van der Waals surface area contributed by atoms with Gasteiger partial charge in [0, 0.05) is 7.05 Å². The Morgan fingerprint density at radius 3 is 2.67 bits per heavy atom. The molecule has 1 N–H and O–H groups in total. The maximum Gasteiger partial charge on any atom is 0.106 e. The standard InChI is InChI=1S/C14H17N7/c1-3-15-14(13-10-16-19-20(13)2)12-9-17-21(18-12)11-7-5-4-6-8-11/h4-10,14-15H,3H2,1-2H3. The number of para-hydroxylation sites is 1. The molecule has 0 fully saturated rings. The molecule has 0 bridgehead atoms. The lowest BCUT2D eigenvalue weighted by atomic mass is 10.1. The number of aryl methyl sites for hydroxylation is 1. The maximum absolute atomic E-state index is 4.57. The predicted octanol–water partition coefficient (Wildman–Crippen LogP) is 1.09. The average Bonchev–Trinajstić information content (AvgIpc) is 3.15. The van der Waals surface area contributed by atoms with Crippen LogP contribution in [0.25, 0.3) is 5.69 Å². The Hall–Kier alpha value is -2.54. The predicted molar refractivity (Wildman–Crippen MR) is 77.9 cm³/mol. The number of rotatable bonds is 5. The normalized spacial score (nSPS) is 12.5. The minimum atomic E-state index is -0.0764. The fourth-order valence-corrected chi connectivity index (χ4v) is 2.22. The van der Waals surface area contributed by atoms with Crippen LogP contribution in [-0.2, 0) is 7.05 Å². The van der Waals surface area contributed by atoms with Crippen LogP contribution < -0.4 is 5.32 Å². The van der Waals surface area contributed by atoms with Gasteiger partial charge in [-0.2, -0.15) is 15.0 Å². The Morgan fingerprint density at radius 1 is 1.19 bits per heavy atom. The summed E-state index contributed by atoms with van der Waals surface area (Å²) in [5, 5.41) is 20.2. The van der Waals surface area contributed by atoms with E-state index in [1.54, 1.807) is 21.9 Å². The second kappa shape index (κ2) is 5.84. The molecular formula is C14H17N7. The number of hydrogen-bond acceptors (Lipinski definition) is 5. The van der Waals surface area contributed by atoms with Crippen LogP contribution in [0.3, 0.4) is 0 Å². The summed E-state index contributed by atoms with van der Waals surface area (Å²) in [6.07, 6.45) is 3.52. The molecule has 0 spiro atoms. The summed E-state index contributed by atoms with van der Waals surface area (Å²) in [5.41, 5.74) is 2.73. The van der Waals surface area contributed by atoms with E-state index in [2.05, 4.69) is 32.7 Å². The molecule has 1 unspecified atom stereocenters. The Labute approximate surface area is 122 Å². The number of aromatic nitrogens is 6. The van der Waals surface area contributed by atoms with E-state index >= 15 is 0 Å². The van der Waals surface area contributed by atoms with Gasteiger partial charge in [-0.3, -0.25) is 4.68 Å². The van der Waals surface area contributed by atoms with Crippen molar-refractivity contribution in [3.8, 4) is 5.69 Å². The van der Waals surface area contributed by atoms with Crippen molar-refractivity contribution in [1.82, 2.24) is 35.3 Å². The van der Waals surface area contributed by atoms with Crippen molar-refractivity contribution in [3.63, 3.8) is 0 Å². The first-order chi connectivity index (χ1) is 10.3. The Morgan fingerprint density at radius 2 is 2.00 bits per heavy atom. The fraction of sp³-hybridized carbons (Fsp3) is 0.286. The molecule has 0 aliphatic heterocycles. The Bertz CT molecular complexity index is 701. The van der Waals surface area contributed by atoms with Gasteiger partial charge in [-0.25, -0.2) is 0 Å². The summed E-state index contributed by atoms with van der Waals surface area (Å²) in [4.78, 5) is 1.63. The molecule has 7 heteroatoms. The monoisotopic (exact) mass is 283 g/mol. The zero-order valence-electron chi connectivity index (χ0n) is 12.0. The first kappa shape index (κ1) is 13.4. The molecule has 3 aromatic rings. The van der Waals surface area contributed by atoms with Gasteiger partial charge in [0.1, 0.15) is 5.69 Å². The van der Waals surface area contributed by atoms with Crippen LogP contribution in [0.2, 0.25) is 0 Å². The molecule has 0 saturated heterocycles. The van der Waals surface area contributed by atoms with E-state index in [0.29, 0.717) is 0 Å². The van der Waals surface area contributed by atoms with Gasteiger partial charge in [0.15, 0.2) is 0 Å². The van der Waals surface area contributed by atoms with Crippen molar-refractivity contribution in [1.29, 1.82) is 0 Å². The van der Waals surface area contributed by atoms with Crippen LogP contribution in [0.5, 0.6) is 0 Å². The summed E-state index contributed by atoms with van der Waals surface area (Å²) < 4.78 is 1.74. The molecule has 0 saturated carbocycles. The van der Waals surface area contributed by atoms with Crippen molar-refractivity contribution >= 4 is 0 Å². The molecular weight excluding hydrogens is 266 g/mol. The van der Waals surface area contributed by atoms with Gasteiger partial charge in [0.25, 0.3) is 0 Å². The average molecular weight is 283 g/mol. The topological polar surface area (TPSA) is 73.5 Å². The smallest absolute Gasteiger partial charge is 0.106 e. The van der Waals surface area contributed by atoms with E-state index in [0.717, 1.165) is 23.6 Å². The van der Waals surface area contributed by atoms with Crippen molar-refractivity contribution in [2.45, 2.75) is 13.0 Å². The van der Waals surface area contributed by atoms with Crippen LogP contribution >= 0.6 is 0 Å². The first-order valence-electron chi connectivity index (χ1n) is 6.85. The number of nitrogens with zero attached hydrogens (tertiary/aromatic N) is 6. The van der Waals surface area contributed by atoms with Gasteiger partial charge in [-0.15, -0.1) is 5.10 Å². The van der Waals surface area contributed by atoms with E-state index in [1.165, 1.54) is 0 Å². The van der Waals surface area contributed by atoms with Crippen LogP contribution in [0, 0.1) is 0 Å². The minimum absolute atomic E-state index is 0.0764. The van der Waals surface area contributed by atoms with E-state index in [1.807, 2.05) is 37.4 Å². The summed E-state index contributed by atoms with van der Waals surface area (Å²) in [6.45, 7) is 2.87. The van der Waals surface area contributed by atoms with Gasteiger partial charge in [0.05, 0.1) is 29.8 Å². The molecule has 2 aromatic heterocycles. The first-order valence-corrected chi connectivity index (χ1v) is 6.85. The molecule has 1 atom stereocenters. The zero-order valence-corrected chi connectivity index (χ0v) is 12.0. The molecule has 0 aliphatic carbocycles. The molecule has 2 heterocycles. The van der Waals surface area contributed by atoms with Gasteiger partial charge >= 0.3 is 0 Å². The number of nitrogens with one attached hydrogen (secondary N) is 1. The van der Waals surface area contributed by atoms with Crippen molar-refractivity contribution in [2.75, 3.05) is 6.54 Å². The van der Waals surface area contributed by atoms with Gasteiger partial charge in [0.2, 0.25) is 0 Å². The molecule has 108 valence electrons. The molecule has 0 radical (unpaired) electrons. The van der Waals surface area contributed by atoms with E-state index in [9.17, 15) is 0 Å². The second-order valence-corrected chi connectivity index (χ2v) is 4.67. The Kier molecular flexibility index (Phi) is 3.74. The molecule has 21 heavy (non-hydrogen) atoms. The van der Waals surface area contributed by atoms with Crippen LogP contribution in [0.15, 0.2) is 42.7 Å².